The third-order valence-corrected chi connectivity index (χ3v) is 3.89. The SMILES string of the molecule is COc1ccc(NC(=O)C[C@@H]2Cn3nc(C)nc3NC2=O)c(OC)c1. The molecule has 0 spiro atoms. The molecule has 0 unspecified atom stereocenters. The Morgan fingerprint density at radius 2 is 2.20 bits per heavy atom. The summed E-state index contributed by atoms with van der Waals surface area (Å²) in [6, 6.07) is 5.08. The van der Waals surface area contributed by atoms with Gasteiger partial charge in [-0.3, -0.25) is 14.9 Å². The van der Waals surface area contributed by atoms with Gasteiger partial charge in [0.15, 0.2) is 0 Å². The second-order valence-corrected chi connectivity index (χ2v) is 5.67. The number of aromatic nitrogens is 3. The van der Waals surface area contributed by atoms with Crippen molar-refractivity contribution in [1.82, 2.24) is 14.8 Å². The maximum absolute atomic E-state index is 12.3. The van der Waals surface area contributed by atoms with Crippen LogP contribution in [0.15, 0.2) is 18.2 Å². The van der Waals surface area contributed by atoms with E-state index in [9.17, 15) is 9.59 Å². The molecule has 0 radical (unpaired) electrons. The number of carbonyl (C=O) groups is 2. The van der Waals surface area contributed by atoms with Crippen molar-refractivity contribution in [3.63, 3.8) is 0 Å². The number of fused-ring (bicyclic) bond motifs is 1. The average molecular weight is 345 g/mol. The largest absolute Gasteiger partial charge is 0.497 e. The fourth-order valence-corrected chi connectivity index (χ4v) is 2.66. The van der Waals surface area contributed by atoms with Crippen LogP contribution in [0.1, 0.15) is 12.2 Å². The molecule has 3 rings (SSSR count). The normalized spacial score (nSPS) is 16.0. The van der Waals surface area contributed by atoms with Crippen molar-refractivity contribution in [3.05, 3.63) is 24.0 Å². The lowest BCUT2D eigenvalue weighted by atomic mass is 10.0. The smallest absolute Gasteiger partial charge is 0.232 e. The fourth-order valence-electron chi connectivity index (χ4n) is 2.66. The molecule has 2 N–H and O–H groups in total. The van der Waals surface area contributed by atoms with Crippen molar-refractivity contribution >= 4 is 23.5 Å². The number of benzene rings is 1. The summed E-state index contributed by atoms with van der Waals surface area (Å²) in [5.41, 5.74) is 0.516. The monoisotopic (exact) mass is 345 g/mol. The van der Waals surface area contributed by atoms with E-state index in [4.69, 9.17) is 9.47 Å². The van der Waals surface area contributed by atoms with Crippen LogP contribution in [0.4, 0.5) is 11.6 Å². The number of rotatable bonds is 5. The highest BCUT2D eigenvalue weighted by Gasteiger charge is 2.30. The Morgan fingerprint density at radius 1 is 1.40 bits per heavy atom. The summed E-state index contributed by atoms with van der Waals surface area (Å²) in [5, 5.41) is 9.63. The lowest BCUT2D eigenvalue weighted by Crippen LogP contribution is -2.36. The zero-order valence-electron chi connectivity index (χ0n) is 14.2. The standard InChI is InChI=1S/C16H19N5O4/c1-9-17-16-19-15(23)10(8-21(16)20-9)6-14(22)18-12-5-4-11(24-2)7-13(12)25-3/h4-5,7,10H,6,8H2,1-3H3,(H,18,22)(H,17,19,20,23)/t10-/m1/s1. The summed E-state index contributed by atoms with van der Waals surface area (Å²) < 4.78 is 12.0. The van der Waals surface area contributed by atoms with Crippen LogP contribution in [0.25, 0.3) is 0 Å². The van der Waals surface area contributed by atoms with Crippen molar-refractivity contribution in [3.8, 4) is 11.5 Å². The third-order valence-electron chi connectivity index (χ3n) is 3.89. The Labute approximate surface area is 144 Å². The minimum Gasteiger partial charge on any atom is -0.497 e. The van der Waals surface area contributed by atoms with E-state index in [1.54, 1.807) is 36.9 Å². The Hall–Kier alpha value is -3.10. The van der Waals surface area contributed by atoms with Gasteiger partial charge >= 0.3 is 0 Å². The molecule has 2 amide bonds. The molecule has 2 aromatic rings. The van der Waals surface area contributed by atoms with Crippen LogP contribution in [-0.4, -0.2) is 40.8 Å². The van der Waals surface area contributed by atoms with Gasteiger partial charge in [-0.05, 0) is 19.1 Å². The van der Waals surface area contributed by atoms with Crippen molar-refractivity contribution in [2.45, 2.75) is 19.9 Å². The van der Waals surface area contributed by atoms with E-state index < -0.39 is 5.92 Å². The first-order chi connectivity index (χ1) is 12.0. The third kappa shape index (κ3) is 3.54. The van der Waals surface area contributed by atoms with Crippen LogP contribution in [0, 0.1) is 12.8 Å². The minimum atomic E-state index is -0.516. The molecular weight excluding hydrogens is 326 g/mol. The molecule has 9 nitrogen and oxygen atoms in total. The molecule has 132 valence electrons. The summed E-state index contributed by atoms with van der Waals surface area (Å²) in [6.45, 7) is 2.06. The molecule has 9 heteroatoms. The summed E-state index contributed by atoms with van der Waals surface area (Å²) in [6.07, 6.45) is 0.0271. The van der Waals surface area contributed by atoms with Gasteiger partial charge in [-0.15, -0.1) is 0 Å². The number of hydrogen-bond acceptors (Lipinski definition) is 6. The lowest BCUT2D eigenvalue weighted by molar-refractivity contribution is -0.126. The summed E-state index contributed by atoms with van der Waals surface area (Å²) in [7, 11) is 3.06. The van der Waals surface area contributed by atoms with Crippen molar-refractivity contribution in [2.24, 2.45) is 5.92 Å². The van der Waals surface area contributed by atoms with Crippen LogP contribution in [0.3, 0.4) is 0 Å². The Kier molecular flexibility index (Phi) is 4.55. The van der Waals surface area contributed by atoms with Gasteiger partial charge in [0.1, 0.15) is 17.3 Å². The van der Waals surface area contributed by atoms with Crippen LogP contribution in [-0.2, 0) is 16.1 Å². The first kappa shape index (κ1) is 16.7. The van der Waals surface area contributed by atoms with E-state index in [-0.39, 0.29) is 18.2 Å². The average Bonchev–Trinajstić information content (AvgIpc) is 2.94. The van der Waals surface area contributed by atoms with Crippen LogP contribution >= 0.6 is 0 Å². The molecule has 0 saturated carbocycles. The van der Waals surface area contributed by atoms with E-state index >= 15 is 0 Å². The van der Waals surface area contributed by atoms with Crippen LogP contribution in [0.2, 0.25) is 0 Å². The highest BCUT2D eigenvalue weighted by Crippen LogP contribution is 2.29. The van der Waals surface area contributed by atoms with Gasteiger partial charge in [-0.25, -0.2) is 4.68 Å². The van der Waals surface area contributed by atoms with Gasteiger partial charge in [0.05, 0.1) is 32.4 Å². The quantitative estimate of drug-likeness (QED) is 0.843. The summed E-state index contributed by atoms with van der Waals surface area (Å²) >= 11 is 0. The second kappa shape index (κ2) is 6.80. The van der Waals surface area contributed by atoms with Gasteiger partial charge < -0.3 is 14.8 Å². The van der Waals surface area contributed by atoms with Crippen molar-refractivity contribution in [2.75, 3.05) is 24.9 Å². The van der Waals surface area contributed by atoms with E-state index in [0.717, 1.165) is 0 Å². The number of nitrogens with zero attached hydrogens (tertiary/aromatic N) is 3. The molecule has 0 bridgehead atoms. The Balaban J connectivity index is 1.68. The van der Waals surface area contributed by atoms with E-state index in [1.165, 1.54) is 7.11 Å². The molecule has 2 heterocycles. The lowest BCUT2D eigenvalue weighted by Gasteiger charge is -2.22. The number of carbonyl (C=O) groups excluding carboxylic acids is 2. The molecule has 1 aliphatic rings. The first-order valence-electron chi connectivity index (χ1n) is 7.74. The second-order valence-electron chi connectivity index (χ2n) is 5.67. The maximum Gasteiger partial charge on any atom is 0.232 e. The van der Waals surface area contributed by atoms with E-state index in [2.05, 4.69) is 20.7 Å². The number of anilines is 2. The van der Waals surface area contributed by atoms with Crippen LogP contribution in [0.5, 0.6) is 11.5 Å². The number of nitrogens with one attached hydrogen (secondary N) is 2. The van der Waals surface area contributed by atoms with Gasteiger partial charge in [0.2, 0.25) is 17.8 Å². The molecular formula is C16H19N5O4. The number of methoxy groups -OCH3 is 2. The van der Waals surface area contributed by atoms with Crippen molar-refractivity contribution in [1.29, 1.82) is 0 Å². The van der Waals surface area contributed by atoms with Gasteiger partial charge in [0, 0.05) is 12.5 Å². The molecule has 1 aromatic carbocycles. The van der Waals surface area contributed by atoms with E-state index in [1.807, 2.05) is 0 Å². The molecule has 0 saturated heterocycles. The van der Waals surface area contributed by atoms with E-state index in [0.29, 0.717) is 35.5 Å². The van der Waals surface area contributed by atoms with Gasteiger partial charge in [-0.1, -0.05) is 0 Å². The highest BCUT2D eigenvalue weighted by atomic mass is 16.5. The number of ether oxygens (including phenoxy) is 2. The van der Waals surface area contributed by atoms with Gasteiger partial charge in [-0.2, -0.15) is 10.1 Å². The fraction of sp³-hybridized carbons (Fsp3) is 0.375. The first-order valence-corrected chi connectivity index (χ1v) is 7.74. The number of hydrogen-bond donors (Lipinski definition) is 2. The topological polar surface area (TPSA) is 107 Å². The van der Waals surface area contributed by atoms with Crippen LogP contribution < -0.4 is 20.1 Å². The molecule has 0 aliphatic carbocycles. The summed E-state index contributed by atoms with van der Waals surface area (Å²) in [4.78, 5) is 28.6. The molecule has 25 heavy (non-hydrogen) atoms. The summed E-state index contributed by atoms with van der Waals surface area (Å²) in [5.74, 6) is 1.04. The number of amides is 2. The van der Waals surface area contributed by atoms with Crippen molar-refractivity contribution < 1.29 is 19.1 Å². The molecule has 1 atom stereocenters. The predicted molar refractivity (Wildman–Crippen MR) is 89.7 cm³/mol. The van der Waals surface area contributed by atoms with Gasteiger partial charge in [0.25, 0.3) is 0 Å². The highest BCUT2D eigenvalue weighted by molar-refractivity contribution is 5.98. The Bertz CT molecular complexity index is 817. The molecule has 1 aliphatic heterocycles. The Morgan fingerprint density at radius 3 is 2.92 bits per heavy atom. The number of aryl methyl sites for hydroxylation is 1. The predicted octanol–water partition coefficient (Wildman–Crippen LogP) is 1.20. The zero-order valence-corrected chi connectivity index (χ0v) is 14.2. The minimum absolute atomic E-state index is 0.0271. The molecule has 0 fully saturated rings. The zero-order chi connectivity index (χ0) is 18.0. The molecule has 1 aromatic heterocycles. The maximum atomic E-state index is 12.3.